The molecule has 9 heteroatoms. The van der Waals surface area contributed by atoms with Crippen LogP contribution in [0.5, 0.6) is 5.75 Å². The van der Waals surface area contributed by atoms with Gasteiger partial charge < -0.3 is 9.47 Å². The molecule has 0 aliphatic carbocycles. The van der Waals surface area contributed by atoms with Gasteiger partial charge in [-0.15, -0.1) is 0 Å². The van der Waals surface area contributed by atoms with E-state index in [1.807, 2.05) is 0 Å². The molecule has 0 fully saturated rings. The number of esters is 1. The van der Waals surface area contributed by atoms with E-state index in [0.717, 1.165) is 14.2 Å². The zero-order valence-electron chi connectivity index (χ0n) is 9.72. The monoisotopic (exact) mass is 285 g/mol. The van der Waals surface area contributed by atoms with Crippen LogP contribution in [0.1, 0.15) is 28.0 Å². The molecule has 4 nitrogen and oxygen atoms in total. The first-order valence-electron chi connectivity index (χ1n) is 4.74. The van der Waals surface area contributed by atoms with E-state index in [1.165, 1.54) is 0 Å². The van der Waals surface area contributed by atoms with Gasteiger partial charge >= 0.3 is 12.1 Å². The number of rotatable bonds is 3. The Kier molecular flexibility index (Phi) is 4.28. The predicted molar refractivity (Wildman–Crippen MR) is 52.1 cm³/mol. The highest BCUT2D eigenvalue weighted by Crippen LogP contribution is 2.41. The van der Waals surface area contributed by atoms with Crippen molar-refractivity contribution in [2.75, 3.05) is 14.2 Å². The molecule has 0 radical (unpaired) electrons. The zero-order chi connectivity index (χ0) is 14.8. The van der Waals surface area contributed by atoms with Crippen LogP contribution in [0.15, 0.2) is 6.20 Å². The Morgan fingerprint density at radius 3 is 2.26 bits per heavy atom. The first kappa shape index (κ1) is 15.1. The van der Waals surface area contributed by atoms with Crippen LogP contribution in [0.4, 0.5) is 22.0 Å². The number of alkyl halides is 5. The molecule has 1 heterocycles. The maximum atomic E-state index is 12.8. The van der Waals surface area contributed by atoms with Crippen LogP contribution in [0.2, 0.25) is 0 Å². The van der Waals surface area contributed by atoms with Gasteiger partial charge in [0.1, 0.15) is 11.3 Å². The van der Waals surface area contributed by atoms with Crippen molar-refractivity contribution in [2.45, 2.75) is 12.6 Å². The van der Waals surface area contributed by atoms with Crippen molar-refractivity contribution >= 4 is 5.97 Å². The molecular weight excluding hydrogens is 277 g/mol. The summed E-state index contributed by atoms with van der Waals surface area (Å²) in [6.45, 7) is 0. The van der Waals surface area contributed by atoms with Crippen molar-refractivity contribution in [3.05, 3.63) is 23.0 Å². The fraction of sp³-hybridized carbons (Fsp3) is 0.400. The molecule has 0 saturated heterocycles. The van der Waals surface area contributed by atoms with Crippen LogP contribution in [0.25, 0.3) is 0 Å². The second-order valence-corrected chi connectivity index (χ2v) is 3.26. The van der Waals surface area contributed by atoms with Crippen LogP contribution in [0.3, 0.4) is 0 Å². The lowest BCUT2D eigenvalue weighted by Gasteiger charge is -2.16. The van der Waals surface area contributed by atoms with Crippen molar-refractivity contribution in [3.8, 4) is 5.75 Å². The fourth-order valence-electron chi connectivity index (χ4n) is 1.39. The molecule has 0 amide bonds. The molecule has 0 atom stereocenters. The van der Waals surface area contributed by atoms with Gasteiger partial charge in [0, 0.05) is 6.20 Å². The summed E-state index contributed by atoms with van der Waals surface area (Å²) < 4.78 is 72.1. The normalized spacial score (nSPS) is 11.6. The van der Waals surface area contributed by atoms with Crippen LogP contribution < -0.4 is 4.74 Å². The lowest BCUT2D eigenvalue weighted by molar-refractivity contribution is -0.139. The average molecular weight is 285 g/mol. The van der Waals surface area contributed by atoms with Crippen molar-refractivity contribution in [1.29, 1.82) is 0 Å². The topological polar surface area (TPSA) is 48.4 Å². The number of hydrogen-bond acceptors (Lipinski definition) is 4. The Morgan fingerprint density at radius 2 is 1.89 bits per heavy atom. The second kappa shape index (κ2) is 5.37. The molecule has 1 aromatic rings. The van der Waals surface area contributed by atoms with Crippen LogP contribution >= 0.6 is 0 Å². The van der Waals surface area contributed by atoms with E-state index in [2.05, 4.69) is 14.5 Å². The lowest BCUT2D eigenvalue weighted by Crippen LogP contribution is -2.16. The number of methoxy groups -OCH3 is 2. The van der Waals surface area contributed by atoms with E-state index in [-0.39, 0.29) is 6.20 Å². The Balaban J connectivity index is 3.61. The number of nitrogens with zero attached hydrogens (tertiary/aromatic N) is 1. The van der Waals surface area contributed by atoms with Gasteiger partial charge in [-0.05, 0) is 0 Å². The van der Waals surface area contributed by atoms with Crippen LogP contribution in [-0.2, 0) is 10.9 Å². The van der Waals surface area contributed by atoms with E-state index in [1.54, 1.807) is 0 Å². The van der Waals surface area contributed by atoms with Gasteiger partial charge in [0.05, 0.1) is 19.8 Å². The lowest BCUT2D eigenvalue weighted by atomic mass is 10.1. The summed E-state index contributed by atoms with van der Waals surface area (Å²) in [5, 5.41) is 0. The average Bonchev–Trinajstić information content (AvgIpc) is 2.34. The van der Waals surface area contributed by atoms with Crippen molar-refractivity contribution in [3.63, 3.8) is 0 Å². The van der Waals surface area contributed by atoms with Crippen LogP contribution in [0, 0.1) is 0 Å². The van der Waals surface area contributed by atoms with Gasteiger partial charge in [0.25, 0.3) is 6.43 Å². The third kappa shape index (κ3) is 2.91. The van der Waals surface area contributed by atoms with Gasteiger partial charge in [-0.1, -0.05) is 0 Å². The number of carbonyl (C=O) groups is 1. The van der Waals surface area contributed by atoms with Gasteiger partial charge in [-0.2, -0.15) is 13.2 Å². The third-order valence-electron chi connectivity index (χ3n) is 2.17. The minimum atomic E-state index is -4.93. The molecule has 106 valence electrons. The molecule has 0 N–H and O–H groups in total. The Labute approximate surface area is 104 Å². The van der Waals surface area contributed by atoms with E-state index >= 15 is 0 Å². The summed E-state index contributed by atoms with van der Waals surface area (Å²) in [6, 6.07) is 0. The first-order valence-corrected chi connectivity index (χ1v) is 4.74. The number of hydrogen-bond donors (Lipinski definition) is 0. The maximum Gasteiger partial charge on any atom is 0.421 e. The fourth-order valence-corrected chi connectivity index (χ4v) is 1.39. The van der Waals surface area contributed by atoms with E-state index in [9.17, 15) is 26.7 Å². The molecule has 0 aliphatic heterocycles. The Bertz CT molecular complexity index is 487. The maximum absolute atomic E-state index is 12.8. The molecule has 1 rings (SSSR count). The summed E-state index contributed by atoms with van der Waals surface area (Å²) in [5.74, 6) is -2.42. The van der Waals surface area contributed by atoms with Crippen molar-refractivity contribution < 1.29 is 36.2 Å². The number of pyridine rings is 1. The van der Waals surface area contributed by atoms with Gasteiger partial charge in [-0.3, -0.25) is 0 Å². The smallest absolute Gasteiger partial charge is 0.421 e. The van der Waals surface area contributed by atoms with Crippen LogP contribution in [-0.4, -0.2) is 25.2 Å². The highest BCUT2D eigenvalue weighted by Gasteiger charge is 2.39. The third-order valence-corrected chi connectivity index (χ3v) is 2.17. The van der Waals surface area contributed by atoms with E-state index < -0.39 is 41.1 Å². The molecule has 0 saturated carbocycles. The predicted octanol–water partition coefficient (Wildman–Crippen LogP) is 2.83. The number of halogens is 5. The van der Waals surface area contributed by atoms with Crippen molar-refractivity contribution in [2.24, 2.45) is 0 Å². The highest BCUT2D eigenvalue weighted by molar-refractivity contribution is 5.90. The molecule has 0 unspecified atom stereocenters. The molecule has 19 heavy (non-hydrogen) atoms. The SMILES string of the molecule is COC(=O)c1ncc(C(F)(F)F)c(OC)c1C(F)F. The summed E-state index contributed by atoms with van der Waals surface area (Å²) in [5.41, 5.74) is -3.65. The number of aromatic nitrogens is 1. The standard InChI is InChI=1S/C10H8F5NO3/c1-18-7-4(10(13,14)15)3-16-6(9(17)19-2)5(7)8(11)12/h3,8H,1-2H3. The minimum absolute atomic E-state index is 0.247. The Hall–Kier alpha value is -1.93. The summed E-state index contributed by atoms with van der Waals surface area (Å²) in [4.78, 5) is 14.3. The molecule has 0 aliphatic rings. The van der Waals surface area contributed by atoms with Gasteiger partial charge in [0.15, 0.2) is 5.69 Å². The highest BCUT2D eigenvalue weighted by atomic mass is 19.4. The summed E-state index contributed by atoms with van der Waals surface area (Å²) in [6.07, 6.45) is -8.06. The number of carbonyl (C=O) groups excluding carboxylic acids is 1. The first-order chi connectivity index (χ1) is 8.73. The largest absolute Gasteiger partial charge is 0.495 e. The van der Waals surface area contributed by atoms with E-state index in [0.29, 0.717) is 0 Å². The Morgan fingerprint density at radius 1 is 1.32 bits per heavy atom. The van der Waals surface area contributed by atoms with Crippen molar-refractivity contribution in [1.82, 2.24) is 4.98 Å². The zero-order valence-corrected chi connectivity index (χ0v) is 9.72. The summed E-state index contributed by atoms with van der Waals surface area (Å²) in [7, 11) is 1.68. The van der Waals surface area contributed by atoms with Gasteiger partial charge in [0.2, 0.25) is 0 Å². The molecule has 0 bridgehead atoms. The van der Waals surface area contributed by atoms with Gasteiger partial charge in [-0.25, -0.2) is 18.6 Å². The van der Waals surface area contributed by atoms with E-state index in [4.69, 9.17) is 0 Å². The molecule has 0 spiro atoms. The molecular formula is C10H8F5NO3. The minimum Gasteiger partial charge on any atom is -0.495 e. The second-order valence-electron chi connectivity index (χ2n) is 3.26. The molecule has 0 aromatic carbocycles. The molecule has 1 aromatic heterocycles. The summed E-state index contributed by atoms with van der Waals surface area (Å²) >= 11 is 0. The quantitative estimate of drug-likeness (QED) is 0.633. The number of ether oxygens (including phenoxy) is 2.